The molecule has 1 aromatic carbocycles. The molecule has 3 N–H and O–H groups in total. The van der Waals surface area contributed by atoms with E-state index in [1.165, 1.54) is 24.3 Å². The van der Waals surface area contributed by atoms with E-state index in [4.69, 9.17) is 16.3 Å². The third-order valence-corrected chi connectivity index (χ3v) is 6.89. The molecule has 0 radical (unpaired) electrons. The molecule has 2 saturated heterocycles. The number of benzene rings is 1. The minimum absolute atomic E-state index is 0.00945. The summed E-state index contributed by atoms with van der Waals surface area (Å²) in [7, 11) is -1.69. The van der Waals surface area contributed by atoms with Crippen LogP contribution in [0.1, 0.15) is 0 Å². The lowest BCUT2D eigenvalue weighted by Crippen LogP contribution is -2.56. The molecule has 8 nitrogen and oxygen atoms in total. The quantitative estimate of drug-likeness (QED) is 0.563. The van der Waals surface area contributed by atoms with E-state index in [1.54, 1.807) is 0 Å². The molecule has 1 aromatic rings. The van der Waals surface area contributed by atoms with E-state index >= 15 is 0 Å². The Balaban J connectivity index is 1.70. The lowest BCUT2D eigenvalue weighted by atomic mass is 10.0. The van der Waals surface area contributed by atoms with Crippen molar-refractivity contribution in [3.63, 3.8) is 0 Å². The Labute approximate surface area is 164 Å². The van der Waals surface area contributed by atoms with Gasteiger partial charge in [-0.2, -0.15) is 0 Å². The van der Waals surface area contributed by atoms with Gasteiger partial charge in [-0.15, -0.1) is 0 Å². The second-order valence-corrected chi connectivity index (χ2v) is 9.23. The molecule has 0 aromatic heterocycles. The van der Waals surface area contributed by atoms with Crippen molar-refractivity contribution >= 4 is 21.6 Å². The molecule has 0 saturated carbocycles. The summed E-state index contributed by atoms with van der Waals surface area (Å²) >= 11 is 5.81. The topological polar surface area (TPSA) is 102 Å². The van der Waals surface area contributed by atoms with Crippen LogP contribution in [0.4, 0.5) is 0 Å². The van der Waals surface area contributed by atoms with Crippen LogP contribution in [0.25, 0.3) is 0 Å². The summed E-state index contributed by atoms with van der Waals surface area (Å²) in [5, 5.41) is 20.5. The maximum Gasteiger partial charge on any atom is 0.240 e. The van der Waals surface area contributed by atoms with Crippen molar-refractivity contribution in [1.82, 2.24) is 14.5 Å². The van der Waals surface area contributed by atoms with Gasteiger partial charge in [-0.25, -0.2) is 13.1 Å². The van der Waals surface area contributed by atoms with Crippen LogP contribution in [-0.2, 0) is 14.8 Å². The summed E-state index contributed by atoms with van der Waals surface area (Å²) in [5.41, 5.74) is 0. The van der Waals surface area contributed by atoms with Crippen molar-refractivity contribution in [2.24, 2.45) is 0 Å². The zero-order chi connectivity index (χ0) is 19.6. The predicted octanol–water partition coefficient (Wildman–Crippen LogP) is -0.645. The van der Waals surface area contributed by atoms with Crippen molar-refractivity contribution < 1.29 is 23.4 Å². The lowest BCUT2D eigenvalue weighted by Gasteiger charge is -2.39. The highest BCUT2D eigenvalue weighted by atomic mass is 35.5. The molecule has 4 atom stereocenters. The van der Waals surface area contributed by atoms with Crippen LogP contribution in [0.2, 0.25) is 5.02 Å². The number of halogens is 1. The lowest BCUT2D eigenvalue weighted by molar-refractivity contribution is -0.0201. The monoisotopic (exact) mass is 419 g/mol. The average Bonchev–Trinajstić information content (AvgIpc) is 2.97. The highest BCUT2D eigenvalue weighted by Gasteiger charge is 2.46. The highest BCUT2D eigenvalue weighted by molar-refractivity contribution is 7.89. The molecule has 2 aliphatic rings. The molecule has 0 bridgehead atoms. The van der Waals surface area contributed by atoms with Gasteiger partial charge in [0.25, 0.3) is 0 Å². The van der Waals surface area contributed by atoms with Gasteiger partial charge in [0, 0.05) is 37.7 Å². The standard InChI is InChI=1S/C17H26ClN3O5S/c1-20-6-8-21(9-7-20)16-14(26-15(11-22)17(16)23)10-19-27(24,25)13-4-2-12(18)3-5-13/h2-5,14-17,19,22-23H,6-11H2,1H3/t14-,15+,16-,17-/m1/s1. The smallest absolute Gasteiger partial charge is 0.240 e. The highest BCUT2D eigenvalue weighted by Crippen LogP contribution is 2.27. The summed E-state index contributed by atoms with van der Waals surface area (Å²) in [6, 6.07) is 5.53. The number of nitrogens with zero attached hydrogens (tertiary/aromatic N) is 2. The first kappa shape index (κ1) is 20.9. The van der Waals surface area contributed by atoms with Crippen molar-refractivity contribution in [3.05, 3.63) is 29.3 Å². The summed E-state index contributed by atoms with van der Waals surface area (Å²) in [6.07, 6.45) is -2.15. The minimum Gasteiger partial charge on any atom is -0.394 e. The number of rotatable bonds is 6. The van der Waals surface area contributed by atoms with Crippen molar-refractivity contribution in [2.75, 3.05) is 46.4 Å². The molecule has 2 heterocycles. The Bertz CT molecular complexity index is 725. The van der Waals surface area contributed by atoms with Crippen LogP contribution >= 0.6 is 11.6 Å². The number of ether oxygens (including phenoxy) is 1. The molecule has 0 unspecified atom stereocenters. The Morgan fingerprint density at radius 2 is 1.81 bits per heavy atom. The number of aliphatic hydroxyl groups excluding tert-OH is 2. The molecule has 2 fully saturated rings. The van der Waals surface area contributed by atoms with E-state index in [1.807, 2.05) is 7.05 Å². The van der Waals surface area contributed by atoms with Crippen LogP contribution in [0.3, 0.4) is 0 Å². The van der Waals surface area contributed by atoms with Gasteiger partial charge in [0.2, 0.25) is 10.0 Å². The molecule has 0 aliphatic carbocycles. The van der Waals surface area contributed by atoms with Crippen LogP contribution in [-0.4, -0.2) is 99.2 Å². The molecule has 27 heavy (non-hydrogen) atoms. The van der Waals surface area contributed by atoms with Crippen LogP contribution in [0.15, 0.2) is 29.2 Å². The molecule has 0 amide bonds. The second-order valence-electron chi connectivity index (χ2n) is 7.02. The van der Waals surface area contributed by atoms with E-state index in [0.717, 1.165) is 26.2 Å². The number of aliphatic hydroxyl groups is 2. The van der Waals surface area contributed by atoms with Crippen molar-refractivity contribution in [1.29, 1.82) is 0 Å². The number of sulfonamides is 1. The average molecular weight is 420 g/mol. The Morgan fingerprint density at radius 1 is 1.19 bits per heavy atom. The molecule has 152 valence electrons. The summed E-state index contributed by atoms with van der Waals surface area (Å²) in [4.78, 5) is 4.42. The number of nitrogens with one attached hydrogen (secondary N) is 1. The van der Waals surface area contributed by atoms with E-state index in [9.17, 15) is 18.6 Å². The van der Waals surface area contributed by atoms with Crippen molar-refractivity contribution in [3.8, 4) is 0 Å². The van der Waals surface area contributed by atoms with Gasteiger partial charge in [0.1, 0.15) is 12.2 Å². The van der Waals surface area contributed by atoms with Crippen LogP contribution < -0.4 is 4.72 Å². The zero-order valence-corrected chi connectivity index (χ0v) is 16.7. The fourth-order valence-corrected chi connectivity index (χ4v) is 4.78. The van der Waals surface area contributed by atoms with Gasteiger partial charge in [-0.3, -0.25) is 4.90 Å². The summed E-state index contributed by atoms with van der Waals surface area (Å²) in [6.45, 7) is 2.91. The Morgan fingerprint density at radius 3 is 2.41 bits per heavy atom. The molecule has 2 aliphatic heterocycles. The van der Waals surface area contributed by atoms with Crippen molar-refractivity contribution in [2.45, 2.75) is 29.2 Å². The van der Waals surface area contributed by atoms with E-state index in [-0.39, 0.29) is 24.1 Å². The number of likely N-dealkylation sites (N-methyl/N-ethyl adjacent to an activating group) is 1. The Kier molecular flexibility index (Phi) is 6.75. The minimum atomic E-state index is -3.73. The first-order valence-corrected chi connectivity index (χ1v) is 10.8. The van der Waals surface area contributed by atoms with E-state index < -0.39 is 28.3 Å². The zero-order valence-electron chi connectivity index (χ0n) is 15.2. The number of hydrogen-bond donors (Lipinski definition) is 3. The first-order valence-electron chi connectivity index (χ1n) is 8.94. The molecule has 10 heteroatoms. The van der Waals surface area contributed by atoms with Gasteiger partial charge < -0.3 is 19.8 Å². The predicted molar refractivity (Wildman–Crippen MR) is 101 cm³/mol. The summed E-state index contributed by atoms with van der Waals surface area (Å²) in [5.74, 6) is 0. The first-order chi connectivity index (χ1) is 12.8. The normalized spacial score (nSPS) is 30.7. The number of hydrogen-bond acceptors (Lipinski definition) is 7. The third kappa shape index (κ3) is 4.80. The summed E-state index contributed by atoms with van der Waals surface area (Å²) < 4.78 is 33.4. The van der Waals surface area contributed by atoms with Gasteiger partial charge in [-0.1, -0.05) is 11.6 Å². The van der Waals surface area contributed by atoms with Gasteiger partial charge >= 0.3 is 0 Å². The van der Waals surface area contributed by atoms with Gasteiger partial charge in [0.05, 0.1) is 23.6 Å². The number of piperazine rings is 1. The molecular formula is C17H26ClN3O5S. The fraction of sp³-hybridized carbons (Fsp3) is 0.647. The van der Waals surface area contributed by atoms with Gasteiger partial charge in [-0.05, 0) is 31.3 Å². The third-order valence-electron chi connectivity index (χ3n) is 5.20. The molecule has 0 spiro atoms. The molecule has 3 rings (SSSR count). The largest absolute Gasteiger partial charge is 0.394 e. The van der Waals surface area contributed by atoms with Crippen LogP contribution in [0.5, 0.6) is 0 Å². The fourth-order valence-electron chi connectivity index (χ4n) is 3.61. The van der Waals surface area contributed by atoms with Gasteiger partial charge in [0.15, 0.2) is 0 Å². The van der Waals surface area contributed by atoms with E-state index in [0.29, 0.717) is 5.02 Å². The maximum atomic E-state index is 12.5. The van der Waals surface area contributed by atoms with E-state index in [2.05, 4.69) is 14.5 Å². The SMILES string of the molecule is CN1CCN([C@H]2[C@H](O)[C@H](CO)O[C@@H]2CNS(=O)(=O)c2ccc(Cl)cc2)CC1. The van der Waals surface area contributed by atoms with Crippen LogP contribution in [0, 0.1) is 0 Å². The Hall–Kier alpha value is -0.780. The molecular weight excluding hydrogens is 394 g/mol. The second kappa shape index (κ2) is 8.71. The maximum absolute atomic E-state index is 12.5.